The Labute approximate surface area is 148 Å². The number of benzene rings is 1. The molecule has 1 aromatic carbocycles. The Bertz CT molecular complexity index is 702. The van der Waals surface area contributed by atoms with Crippen molar-refractivity contribution in [3.63, 3.8) is 0 Å². The van der Waals surface area contributed by atoms with Gasteiger partial charge in [0, 0.05) is 19.1 Å². The average molecular weight is 371 g/mol. The van der Waals surface area contributed by atoms with Crippen LogP contribution in [0.2, 0.25) is 5.02 Å². The number of sulfonamides is 1. The number of hydrogen-bond donors (Lipinski definition) is 1. The van der Waals surface area contributed by atoms with Crippen LogP contribution in [-0.2, 0) is 14.8 Å². The van der Waals surface area contributed by atoms with Crippen molar-refractivity contribution >= 4 is 27.5 Å². The van der Waals surface area contributed by atoms with Crippen LogP contribution in [0.4, 0.5) is 0 Å². The lowest BCUT2D eigenvalue weighted by Crippen LogP contribution is -2.47. The molecule has 24 heavy (non-hydrogen) atoms. The lowest BCUT2D eigenvalue weighted by Gasteiger charge is -2.32. The normalized spacial score (nSPS) is 23.3. The molecule has 1 heterocycles. The SMILES string of the molecule is O=C(NC1CCCC1)C1CCCN(S(=O)(=O)c2ccccc2Cl)C1. The predicted molar refractivity (Wildman–Crippen MR) is 93.3 cm³/mol. The van der Waals surface area contributed by atoms with E-state index in [1.165, 1.54) is 10.4 Å². The molecule has 1 saturated carbocycles. The fourth-order valence-electron chi connectivity index (χ4n) is 3.56. The number of hydrogen-bond acceptors (Lipinski definition) is 3. The summed E-state index contributed by atoms with van der Waals surface area (Å²) in [6.07, 6.45) is 5.78. The number of piperidine rings is 1. The maximum Gasteiger partial charge on any atom is 0.244 e. The van der Waals surface area contributed by atoms with Crippen molar-refractivity contribution in [2.45, 2.75) is 49.5 Å². The van der Waals surface area contributed by atoms with Crippen molar-refractivity contribution in [2.24, 2.45) is 5.92 Å². The minimum absolute atomic E-state index is 0.0130. The monoisotopic (exact) mass is 370 g/mol. The van der Waals surface area contributed by atoms with Crippen molar-refractivity contribution in [1.29, 1.82) is 0 Å². The van der Waals surface area contributed by atoms with Crippen molar-refractivity contribution in [1.82, 2.24) is 9.62 Å². The summed E-state index contributed by atoms with van der Waals surface area (Å²) >= 11 is 6.06. The highest BCUT2D eigenvalue weighted by atomic mass is 35.5. The van der Waals surface area contributed by atoms with Gasteiger partial charge in [0.2, 0.25) is 15.9 Å². The number of nitrogens with one attached hydrogen (secondary N) is 1. The molecule has 0 bridgehead atoms. The number of halogens is 1. The zero-order valence-corrected chi connectivity index (χ0v) is 15.2. The number of amides is 1. The van der Waals surface area contributed by atoms with Gasteiger partial charge in [0.25, 0.3) is 0 Å². The van der Waals surface area contributed by atoms with Gasteiger partial charge in [-0.3, -0.25) is 4.79 Å². The summed E-state index contributed by atoms with van der Waals surface area (Å²) in [5.74, 6) is -0.294. The highest BCUT2D eigenvalue weighted by Gasteiger charge is 2.34. The highest BCUT2D eigenvalue weighted by molar-refractivity contribution is 7.89. The van der Waals surface area contributed by atoms with Gasteiger partial charge in [-0.1, -0.05) is 36.6 Å². The van der Waals surface area contributed by atoms with E-state index in [9.17, 15) is 13.2 Å². The van der Waals surface area contributed by atoms with E-state index in [0.29, 0.717) is 13.0 Å². The van der Waals surface area contributed by atoms with Crippen LogP contribution in [-0.4, -0.2) is 37.8 Å². The van der Waals surface area contributed by atoms with Gasteiger partial charge in [0.1, 0.15) is 4.90 Å². The van der Waals surface area contributed by atoms with Crippen LogP contribution >= 0.6 is 11.6 Å². The Morgan fingerprint density at radius 1 is 1.12 bits per heavy atom. The Kier molecular flexibility index (Phi) is 5.47. The van der Waals surface area contributed by atoms with Gasteiger partial charge in [0.05, 0.1) is 10.9 Å². The van der Waals surface area contributed by atoms with Crippen molar-refractivity contribution in [2.75, 3.05) is 13.1 Å². The molecule has 1 aromatic rings. The third-order valence-electron chi connectivity index (χ3n) is 4.91. The lowest BCUT2D eigenvalue weighted by molar-refractivity contribution is -0.126. The molecule has 0 spiro atoms. The number of nitrogens with zero attached hydrogens (tertiary/aromatic N) is 1. The molecule has 1 aliphatic heterocycles. The minimum Gasteiger partial charge on any atom is -0.353 e. The molecule has 1 N–H and O–H groups in total. The standard InChI is InChI=1S/C17H23ClN2O3S/c18-15-9-3-4-10-16(15)24(22,23)20-11-5-6-13(12-20)17(21)19-14-7-1-2-8-14/h3-4,9-10,13-14H,1-2,5-8,11-12H2,(H,19,21). The first-order valence-corrected chi connectivity index (χ1v) is 10.4. The van der Waals surface area contributed by atoms with Gasteiger partial charge in [-0.25, -0.2) is 8.42 Å². The average Bonchev–Trinajstić information content (AvgIpc) is 3.08. The highest BCUT2D eigenvalue weighted by Crippen LogP contribution is 2.28. The van der Waals surface area contributed by atoms with E-state index in [0.717, 1.165) is 32.1 Å². The molecule has 5 nitrogen and oxygen atoms in total. The van der Waals surface area contributed by atoms with Crippen molar-refractivity contribution < 1.29 is 13.2 Å². The maximum atomic E-state index is 12.8. The summed E-state index contributed by atoms with van der Waals surface area (Å²) in [7, 11) is -3.67. The molecule has 3 rings (SSSR count). The fourth-order valence-corrected chi connectivity index (χ4v) is 5.57. The lowest BCUT2D eigenvalue weighted by atomic mass is 9.98. The van der Waals surface area contributed by atoms with E-state index >= 15 is 0 Å². The molecular weight excluding hydrogens is 348 g/mol. The smallest absolute Gasteiger partial charge is 0.244 e. The zero-order valence-electron chi connectivity index (χ0n) is 13.6. The van der Waals surface area contributed by atoms with E-state index in [4.69, 9.17) is 11.6 Å². The molecule has 1 amide bonds. The van der Waals surface area contributed by atoms with E-state index in [2.05, 4.69) is 5.32 Å². The second kappa shape index (κ2) is 7.42. The van der Waals surface area contributed by atoms with E-state index in [-0.39, 0.29) is 34.3 Å². The van der Waals surface area contributed by atoms with E-state index in [1.807, 2.05) is 0 Å². The first kappa shape index (κ1) is 17.7. The van der Waals surface area contributed by atoms with Gasteiger partial charge in [-0.2, -0.15) is 4.31 Å². The van der Waals surface area contributed by atoms with Gasteiger partial charge in [0.15, 0.2) is 0 Å². The van der Waals surface area contributed by atoms with E-state index < -0.39 is 10.0 Å². The first-order valence-electron chi connectivity index (χ1n) is 8.53. The molecule has 0 aromatic heterocycles. The van der Waals surface area contributed by atoms with Crippen molar-refractivity contribution in [3.05, 3.63) is 29.3 Å². The molecule has 0 radical (unpaired) electrons. The second-order valence-electron chi connectivity index (χ2n) is 6.62. The number of carbonyl (C=O) groups excluding carboxylic acids is 1. The Morgan fingerprint density at radius 3 is 2.54 bits per heavy atom. The third kappa shape index (κ3) is 3.76. The zero-order chi connectivity index (χ0) is 17.2. The van der Waals surface area contributed by atoms with Crippen LogP contribution in [0.1, 0.15) is 38.5 Å². The topological polar surface area (TPSA) is 66.5 Å². The summed E-state index contributed by atoms with van der Waals surface area (Å²) in [4.78, 5) is 12.6. The molecule has 1 saturated heterocycles. The quantitative estimate of drug-likeness (QED) is 0.886. The summed E-state index contributed by atoms with van der Waals surface area (Å²) in [6, 6.07) is 6.71. The summed E-state index contributed by atoms with van der Waals surface area (Å²) in [5.41, 5.74) is 0. The number of carbonyl (C=O) groups is 1. The van der Waals surface area contributed by atoms with Crippen LogP contribution < -0.4 is 5.32 Å². The van der Waals surface area contributed by atoms with Crippen LogP contribution in [0.3, 0.4) is 0 Å². The van der Waals surface area contributed by atoms with Crippen LogP contribution in [0.5, 0.6) is 0 Å². The third-order valence-corrected chi connectivity index (χ3v) is 7.28. The predicted octanol–water partition coefficient (Wildman–Crippen LogP) is 2.80. The molecule has 2 fully saturated rings. The van der Waals surface area contributed by atoms with Crippen molar-refractivity contribution in [3.8, 4) is 0 Å². The molecule has 1 atom stereocenters. The fraction of sp³-hybridized carbons (Fsp3) is 0.588. The summed E-state index contributed by atoms with van der Waals surface area (Å²) < 4.78 is 27.1. The molecule has 7 heteroatoms. The van der Waals surface area contributed by atoms with E-state index in [1.54, 1.807) is 18.2 Å². The summed E-state index contributed by atoms with van der Waals surface area (Å²) in [6.45, 7) is 0.660. The van der Waals surface area contributed by atoms with Gasteiger partial charge >= 0.3 is 0 Å². The largest absolute Gasteiger partial charge is 0.353 e. The molecule has 1 unspecified atom stereocenters. The van der Waals surface area contributed by atoms with Gasteiger partial charge in [-0.15, -0.1) is 0 Å². The molecular formula is C17H23ClN2O3S. The van der Waals surface area contributed by atoms with Crippen LogP contribution in [0, 0.1) is 5.92 Å². The van der Waals surface area contributed by atoms with Gasteiger partial charge in [-0.05, 0) is 37.8 Å². The number of rotatable bonds is 4. The maximum absolute atomic E-state index is 12.8. The second-order valence-corrected chi connectivity index (χ2v) is 8.94. The van der Waals surface area contributed by atoms with Crippen LogP contribution in [0.25, 0.3) is 0 Å². The Balaban J connectivity index is 1.70. The molecule has 2 aliphatic rings. The van der Waals surface area contributed by atoms with Gasteiger partial charge < -0.3 is 5.32 Å². The molecule has 132 valence electrons. The first-order chi connectivity index (χ1) is 11.5. The molecule has 1 aliphatic carbocycles. The Hall–Kier alpha value is -1.11. The minimum atomic E-state index is -3.67. The summed E-state index contributed by atoms with van der Waals surface area (Å²) in [5, 5.41) is 3.30. The Morgan fingerprint density at radius 2 is 1.83 bits per heavy atom. The van der Waals surface area contributed by atoms with Crippen LogP contribution in [0.15, 0.2) is 29.2 Å².